The van der Waals surface area contributed by atoms with Crippen LogP contribution in [0.3, 0.4) is 0 Å². The molecule has 0 bridgehead atoms. The maximum atomic E-state index is 12.6. The Hall–Kier alpha value is -2.29. The van der Waals surface area contributed by atoms with Crippen LogP contribution in [0.25, 0.3) is 0 Å². The Bertz CT molecular complexity index is 702. The lowest BCUT2D eigenvalue weighted by Gasteiger charge is -2.12. The highest BCUT2D eigenvalue weighted by Crippen LogP contribution is 2.26. The molecule has 3 nitrogen and oxygen atoms in total. The number of hydrogen-bond donors (Lipinski definition) is 2. The number of carbonyl (C=O) groups is 1. The molecule has 0 heterocycles. The highest BCUT2D eigenvalue weighted by atomic mass is 16.1. The maximum Gasteiger partial charge on any atom is 0.193 e. The van der Waals surface area contributed by atoms with Gasteiger partial charge in [0.05, 0.1) is 0 Å². The molecule has 0 radical (unpaired) electrons. The largest absolute Gasteiger partial charge is 0.398 e. The summed E-state index contributed by atoms with van der Waals surface area (Å²) in [7, 11) is 0. The fourth-order valence-electron chi connectivity index (χ4n) is 3.68. The normalized spacial score (nSPS) is 10.9. The van der Waals surface area contributed by atoms with E-state index in [1.165, 1.54) is 57.8 Å². The van der Waals surface area contributed by atoms with Gasteiger partial charge in [0.15, 0.2) is 5.78 Å². The Balaban J connectivity index is 1.76. The summed E-state index contributed by atoms with van der Waals surface area (Å²) in [5, 5.41) is 0. The quantitative estimate of drug-likeness (QED) is 0.235. The number of ketones is 1. The van der Waals surface area contributed by atoms with Crippen LogP contribution in [0.15, 0.2) is 42.5 Å². The Morgan fingerprint density at radius 1 is 0.714 bits per heavy atom. The number of rotatable bonds is 13. The first-order valence-electron chi connectivity index (χ1n) is 10.9. The first-order valence-corrected chi connectivity index (χ1v) is 10.9. The van der Waals surface area contributed by atoms with E-state index in [0.29, 0.717) is 22.5 Å². The molecule has 0 fully saturated rings. The van der Waals surface area contributed by atoms with Crippen LogP contribution in [0, 0.1) is 0 Å². The van der Waals surface area contributed by atoms with Crippen molar-refractivity contribution in [1.29, 1.82) is 0 Å². The van der Waals surface area contributed by atoms with E-state index in [9.17, 15) is 4.79 Å². The second-order valence-corrected chi connectivity index (χ2v) is 7.76. The number of anilines is 2. The minimum atomic E-state index is -0.0375. The average Bonchev–Trinajstić information content (AvgIpc) is 2.71. The van der Waals surface area contributed by atoms with Gasteiger partial charge in [-0.05, 0) is 30.5 Å². The van der Waals surface area contributed by atoms with Crippen molar-refractivity contribution >= 4 is 17.2 Å². The van der Waals surface area contributed by atoms with Gasteiger partial charge in [0, 0.05) is 22.5 Å². The van der Waals surface area contributed by atoms with Crippen molar-refractivity contribution in [3.05, 3.63) is 59.2 Å². The van der Waals surface area contributed by atoms with E-state index < -0.39 is 0 Å². The molecular weight excluding hydrogens is 344 g/mol. The van der Waals surface area contributed by atoms with Crippen molar-refractivity contribution in [2.45, 2.75) is 77.6 Å². The summed E-state index contributed by atoms with van der Waals surface area (Å²) in [6.07, 6.45) is 14.0. The summed E-state index contributed by atoms with van der Waals surface area (Å²) in [4.78, 5) is 12.6. The van der Waals surface area contributed by atoms with E-state index in [2.05, 4.69) is 6.92 Å². The molecule has 0 spiro atoms. The molecule has 0 amide bonds. The minimum Gasteiger partial charge on any atom is -0.398 e. The fraction of sp³-hybridized carbons (Fsp3) is 0.480. The van der Waals surface area contributed by atoms with Crippen LogP contribution in [-0.4, -0.2) is 5.78 Å². The molecule has 0 aromatic heterocycles. The Morgan fingerprint density at radius 3 is 1.75 bits per heavy atom. The summed E-state index contributed by atoms with van der Waals surface area (Å²) in [6.45, 7) is 2.26. The molecule has 0 unspecified atom stereocenters. The lowest BCUT2D eigenvalue weighted by Crippen LogP contribution is -2.07. The number of nitrogens with two attached hydrogens (primary N) is 2. The van der Waals surface area contributed by atoms with Crippen molar-refractivity contribution in [1.82, 2.24) is 0 Å². The van der Waals surface area contributed by atoms with E-state index >= 15 is 0 Å². The molecule has 0 aliphatic heterocycles. The monoisotopic (exact) mass is 380 g/mol. The predicted molar refractivity (Wildman–Crippen MR) is 121 cm³/mol. The minimum absolute atomic E-state index is 0.0375. The van der Waals surface area contributed by atoms with Gasteiger partial charge in [0.1, 0.15) is 0 Å². The van der Waals surface area contributed by atoms with Gasteiger partial charge in [-0.25, -0.2) is 0 Å². The van der Waals surface area contributed by atoms with Crippen LogP contribution in [0.4, 0.5) is 11.4 Å². The fourth-order valence-corrected chi connectivity index (χ4v) is 3.68. The second-order valence-electron chi connectivity index (χ2n) is 7.76. The molecular formula is C25H36N2O. The summed E-state index contributed by atoms with van der Waals surface area (Å²) >= 11 is 0. The number of hydrogen-bond acceptors (Lipinski definition) is 3. The summed E-state index contributed by atoms with van der Waals surface area (Å²) < 4.78 is 0. The molecule has 0 saturated heterocycles. The molecule has 2 rings (SSSR count). The van der Waals surface area contributed by atoms with Crippen LogP contribution in [-0.2, 0) is 6.42 Å². The summed E-state index contributed by atoms with van der Waals surface area (Å²) in [5.41, 5.74) is 15.9. The van der Waals surface area contributed by atoms with Gasteiger partial charge in [0.25, 0.3) is 0 Å². The van der Waals surface area contributed by atoms with Crippen LogP contribution < -0.4 is 11.5 Å². The van der Waals surface area contributed by atoms with E-state index in [1.807, 2.05) is 30.3 Å². The Labute approximate surface area is 170 Å². The zero-order valence-corrected chi connectivity index (χ0v) is 17.4. The summed E-state index contributed by atoms with van der Waals surface area (Å²) in [6, 6.07) is 12.8. The van der Waals surface area contributed by atoms with E-state index in [-0.39, 0.29) is 5.78 Å². The zero-order chi connectivity index (χ0) is 20.2. The highest BCUT2D eigenvalue weighted by molar-refractivity contribution is 6.10. The summed E-state index contributed by atoms with van der Waals surface area (Å²) in [5.74, 6) is -0.0375. The molecule has 3 heteroatoms. The first-order chi connectivity index (χ1) is 13.6. The average molecular weight is 381 g/mol. The van der Waals surface area contributed by atoms with Crippen molar-refractivity contribution in [2.75, 3.05) is 11.5 Å². The van der Waals surface area contributed by atoms with E-state index in [4.69, 9.17) is 11.5 Å². The van der Waals surface area contributed by atoms with Gasteiger partial charge in [-0.3, -0.25) is 4.79 Å². The molecule has 4 N–H and O–H groups in total. The molecule has 2 aromatic rings. The number of nitrogen functional groups attached to an aromatic ring is 2. The standard InChI is InChI=1S/C25H36N2O/c1-2-3-4-5-6-7-8-9-10-14-17-22-23(26)18-21(19-24(22)27)25(28)20-15-12-11-13-16-20/h11-13,15-16,18-19H,2-10,14,17,26-27H2,1H3. The van der Waals surface area contributed by atoms with Gasteiger partial charge in [-0.2, -0.15) is 0 Å². The van der Waals surface area contributed by atoms with Crippen LogP contribution in [0.1, 0.15) is 92.6 Å². The maximum absolute atomic E-state index is 12.6. The van der Waals surface area contributed by atoms with Crippen LogP contribution >= 0.6 is 0 Å². The van der Waals surface area contributed by atoms with Crippen molar-refractivity contribution in [3.8, 4) is 0 Å². The first kappa shape index (κ1) is 22.0. The molecule has 152 valence electrons. The third-order valence-electron chi connectivity index (χ3n) is 5.40. The van der Waals surface area contributed by atoms with Crippen molar-refractivity contribution in [2.24, 2.45) is 0 Å². The lowest BCUT2D eigenvalue weighted by molar-refractivity contribution is 0.103. The predicted octanol–water partition coefficient (Wildman–Crippen LogP) is 6.55. The topological polar surface area (TPSA) is 69.1 Å². The van der Waals surface area contributed by atoms with Gasteiger partial charge in [0.2, 0.25) is 0 Å². The number of carbonyl (C=O) groups excluding carboxylic acids is 1. The number of unbranched alkanes of at least 4 members (excludes halogenated alkanes) is 9. The second kappa shape index (κ2) is 12.2. The zero-order valence-electron chi connectivity index (χ0n) is 17.4. The third kappa shape index (κ3) is 7.03. The third-order valence-corrected chi connectivity index (χ3v) is 5.40. The Kier molecular flexibility index (Phi) is 9.61. The van der Waals surface area contributed by atoms with Crippen molar-refractivity contribution < 1.29 is 4.79 Å². The van der Waals surface area contributed by atoms with Crippen LogP contribution in [0.2, 0.25) is 0 Å². The molecule has 0 atom stereocenters. The molecule has 0 saturated carbocycles. The van der Waals surface area contributed by atoms with E-state index in [1.54, 1.807) is 12.1 Å². The van der Waals surface area contributed by atoms with Gasteiger partial charge in [-0.15, -0.1) is 0 Å². The molecule has 2 aromatic carbocycles. The molecule has 0 aliphatic carbocycles. The molecule has 28 heavy (non-hydrogen) atoms. The number of benzene rings is 2. The van der Waals surface area contributed by atoms with Crippen molar-refractivity contribution in [3.63, 3.8) is 0 Å². The highest BCUT2D eigenvalue weighted by Gasteiger charge is 2.13. The SMILES string of the molecule is CCCCCCCCCCCCc1c(N)cc(C(=O)c2ccccc2)cc1N. The smallest absolute Gasteiger partial charge is 0.193 e. The van der Waals surface area contributed by atoms with Gasteiger partial charge in [-0.1, -0.05) is 95.0 Å². The van der Waals surface area contributed by atoms with Gasteiger partial charge >= 0.3 is 0 Å². The Morgan fingerprint density at radius 2 is 1.21 bits per heavy atom. The van der Waals surface area contributed by atoms with E-state index in [0.717, 1.165) is 18.4 Å². The van der Waals surface area contributed by atoms with Crippen LogP contribution in [0.5, 0.6) is 0 Å². The van der Waals surface area contributed by atoms with Gasteiger partial charge < -0.3 is 11.5 Å². The lowest BCUT2D eigenvalue weighted by atomic mass is 9.96. The molecule has 0 aliphatic rings.